The maximum atomic E-state index is 12.9. The molecule has 0 saturated carbocycles. The van der Waals surface area contributed by atoms with E-state index in [4.69, 9.17) is 5.73 Å². The van der Waals surface area contributed by atoms with E-state index in [2.05, 4.69) is 20.4 Å². The van der Waals surface area contributed by atoms with Gasteiger partial charge in [-0.1, -0.05) is 0 Å². The Hall–Kier alpha value is -3.43. The molecule has 3 heterocycles. The summed E-state index contributed by atoms with van der Waals surface area (Å²) in [6.45, 7) is 2.19. The highest BCUT2D eigenvalue weighted by atomic mass is 19.4. The molecule has 0 aliphatic heterocycles. The molecular weight excluding hydrogens is 373 g/mol. The van der Waals surface area contributed by atoms with Crippen LogP contribution in [0.1, 0.15) is 17.5 Å². The van der Waals surface area contributed by atoms with Gasteiger partial charge in [-0.05, 0) is 36.8 Å². The Morgan fingerprint density at radius 1 is 1.25 bits per heavy atom. The fourth-order valence-electron chi connectivity index (χ4n) is 2.53. The average molecular weight is 390 g/mol. The quantitative estimate of drug-likeness (QED) is 0.673. The van der Waals surface area contributed by atoms with Crippen molar-refractivity contribution in [2.75, 3.05) is 5.32 Å². The van der Waals surface area contributed by atoms with Crippen molar-refractivity contribution in [3.63, 3.8) is 0 Å². The molecule has 0 aliphatic carbocycles. The number of nitrogens with two attached hydrogens (primary N) is 1. The second-order valence-corrected chi connectivity index (χ2v) is 6.18. The lowest BCUT2D eigenvalue weighted by Gasteiger charge is -2.10. The van der Waals surface area contributed by atoms with E-state index >= 15 is 0 Å². The van der Waals surface area contributed by atoms with Gasteiger partial charge in [0.15, 0.2) is 0 Å². The largest absolute Gasteiger partial charge is 0.416 e. The molecule has 3 aromatic rings. The SMILES string of the molecule is Cc1cc(Nc2cc(C(F)(F)F)ccn2)nc(-c2cnn(CCC(N)=O)c2)c1. The van der Waals surface area contributed by atoms with E-state index in [1.165, 1.54) is 0 Å². The number of halogens is 3. The molecule has 0 unspecified atom stereocenters. The summed E-state index contributed by atoms with van der Waals surface area (Å²) in [5.74, 6) is -0.0338. The van der Waals surface area contributed by atoms with Gasteiger partial charge >= 0.3 is 6.18 Å². The highest BCUT2D eigenvalue weighted by Crippen LogP contribution is 2.30. The first-order valence-corrected chi connectivity index (χ1v) is 8.31. The van der Waals surface area contributed by atoms with Crippen LogP contribution in [0, 0.1) is 6.92 Å². The van der Waals surface area contributed by atoms with Crippen molar-refractivity contribution >= 4 is 17.5 Å². The Bertz CT molecular complexity index is 999. The van der Waals surface area contributed by atoms with Crippen LogP contribution in [-0.2, 0) is 17.5 Å². The standard InChI is InChI=1S/C18H17F3N6O/c1-11-6-14(12-9-24-27(10-12)5-3-15(22)28)25-17(7-11)26-16-8-13(2-4-23-16)18(19,20)21/h2,4,6-10H,3,5H2,1H3,(H2,22,28)(H,23,25,26). The van der Waals surface area contributed by atoms with Gasteiger partial charge in [0.1, 0.15) is 11.6 Å². The number of rotatable bonds is 6. The first-order valence-electron chi connectivity index (χ1n) is 8.31. The van der Waals surface area contributed by atoms with E-state index in [1.807, 2.05) is 13.0 Å². The van der Waals surface area contributed by atoms with Crippen molar-refractivity contribution < 1.29 is 18.0 Å². The topological polar surface area (TPSA) is 98.7 Å². The Labute approximate surface area is 158 Å². The van der Waals surface area contributed by atoms with E-state index in [9.17, 15) is 18.0 Å². The number of primary amides is 1. The van der Waals surface area contributed by atoms with Crippen LogP contribution in [0.25, 0.3) is 11.3 Å². The number of aromatic nitrogens is 4. The summed E-state index contributed by atoms with van der Waals surface area (Å²) in [6, 6.07) is 5.34. The molecule has 3 N–H and O–H groups in total. The normalized spacial score (nSPS) is 11.4. The third-order valence-corrected chi connectivity index (χ3v) is 3.83. The molecule has 0 radical (unpaired) electrons. The summed E-state index contributed by atoms with van der Waals surface area (Å²) in [7, 11) is 0. The number of hydrogen-bond acceptors (Lipinski definition) is 5. The van der Waals surface area contributed by atoms with E-state index in [0.717, 1.165) is 23.9 Å². The van der Waals surface area contributed by atoms with E-state index in [1.54, 1.807) is 23.1 Å². The highest BCUT2D eigenvalue weighted by Gasteiger charge is 2.30. The Morgan fingerprint density at radius 3 is 2.75 bits per heavy atom. The van der Waals surface area contributed by atoms with Gasteiger partial charge in [0, 0.05) is 30.9 Å². The highest BCUT2D eigenvalue weighted by molar-refractivity contribution is 5.73. The van der Waals surface area contributed by atoms with Gasteiger partial charge in [0.2, 0.25) is 5.91 Å². The first kappa shape index (κ1) is 19.3. The molecule has 28 heavy (non-hydrogen) atoms. The fraction of sp³-hybridized carbons (Fsp3) is 0.222. The van der Waals surface area contributed by atoms with Crippen LogP contribution < -0.4 is 11.1 Å². The van der Waals surface area contributed by atoms with E-state index in [0.29, 0.717) is 23.6 Å². The molecule has 146 valence electrons. The fourth-order valence-corrected chi connectivity index (χ4v) is 2.53. The lowest BCUT2D eigenvalue weighted by molar-refractivity contribution is -0.137. The second-order valence-electron chi connectivity index (χ2n) is 6.18. The number of hydrogen-bond donors (Lipinski definition) is 2. The van der Waals surface area contributed by atoms with Crippen LogP contribution in [-0.4, -0.2) is 25.7 Å². The Balaban J connectivity index is 1.83. The van der Waals surface area contributed by atoms with Crippen molar-refractivity contribution in [2.45, 2.75) is 26.1 Å². The summed E-state index contributed by atoms with van der Waals surface area (Å²) in [4.78, 5) is 19.2. The zero-order chi connectivity index (χ0) is 20.3. The van der Waals surface area contributed by atoms with E-state index in [-0.39, 0.29) is 12.2 Å². The lowest BCUT2D eigenvalue weighted by atomic mass is 10.1. The lowest BCUT2D eigenvalue weighted by Crippen LogP contribution is -2.13. The predicted octanol–water partition coefficient (Wildman–Crippen LogP) is 3.29. The van der Waals surface area contributed by atoms with Crippen LogP contribution in [0.5, 0.6) is 0 Å². The minimum absolute atomic E-state index is 0.0380. The number of pyridine rings is 2. The van der Waals surface area contributed by atoms with Crippen molar-refractivity contribution in [1.82, 2.24) is 19.7 Å². The number of carbonyl (C=O) groups excluding carboxylic acids is 1. The maximum absolute atomic E-state index is 12.9. The second kappa shape index (κ2) is 7.67. The summed E-state index contributed by atoms with van der Waals surface area (Å²) < 4.78 is 40.2. The van der Waals surface area contributed by atoms with Gasteiger partial charge in [-0.3, -0.25) is 9.48 Å². The third-order valence-electron chi connectivity index (χ3n) is 3.83. The Morgan fingerprint density at radius 2 is 2.04 bits per heavy atom. The molecule has 0 spiro atoms. The number of nitrogens with zero attached hydrogens (tertiary/aromatic N) is 4. The molecule has 10 heteroatoms. The van der Waals surface area contributed by atoms with Gasteiger partial charge in [-0.25, -0.2) is 9.97 Å². The summed E-state index contributed by atoms with van der Waals surface area (Å²) in [5, 5.41) is 6.96. The molecule has 7 nitrogen and oxygen atoms in total. The number of amides is 1. The number of nitrogens with one attached hydrogen (secondary N) is 1. The summed E-state index contributed by atoms with van der Waals surface area (Å²) in [6.07, 6.45) is 0.108. The zero-order valence-electron chi connectivity index (χ0n) is 14.9. The number of anilines is 2. The summed E-state index contributed by atoms with van der Waals surface area (Å²) >= 11 is 0. The van der Waals surface area contributed by atoms with Gasteiger partial charge in [-0.2, -0.15) is 18.3 Å². The molecule has 0 fully saturated rings. The Kier molecular flexibility index (Phi) is 5.30. The molecule has 1 amide bonds. The van der Waals surface area contributed by atoms with Crippen LogP contribution >= 0.6 is 0 Å². The van der Waals surface area contributed by atoms with Gasteiger partial charge in [0.25, 0.3) is 0 Å². The predicted molar refractivity (Wildman–Crippen MR) is 96.5 cm³/mol. The van der Waals surface area contributed by atoms with Crippen molar-refractivity contribution in [2.24, 2.45) is 5.73 Å². The summed E-state index contributed by atoms with van der Waals surface area (Å²) in [5.41, 5.74) is 6.47. The van der Waals surface area contributed by atoms with Crippen LogP contribution in [0.4, 0.5) is 24.8 Å². The molecule has 3 rings (SSSR count). The monoisotopic (exact) mass is 390 g/mol. The zero-order valence-corrected chi connectivity index (χ0v) is 14.9. The van der Waals surface area contributed by atoms with Crippen molar-refractivity contribution in [3.05, 3.63) is 54.0 Å². The number of carbonyl (C=O) groups is 1. The maximum Gasteiger partial charge on any atom is 0.416 e. The van der Waals surface area contributed by atoms with Gasteiger partial charge in [-0.15, -0.1) is 0 Å². The smallest absolute Gasteiger partial charge is 0.370 e. The van der Waals surface area contributed by atoms with Crippen molar-refractivity contribution in [1.29, 1.82) is 0 Å². The minimum Gasteiger partial charge on any atom is -0.370 e. The molecule has 0 saturated heterocycles. The molecule has 0 atom stereocenters. The minimum atomic E-state index is -4.45. The van der Waals surface area contributed by atoms with Gasteiger partial charge < -0.3 is 11.1 Å². The number of aryl methyl sites for hydroxylation is 2. The van der Waals surface area contributed by atoms with Crippen LogP contribution in [0.2, 0.25) is 0 Å². The average Bonchev–Trinajstić information content (AvgIpc) is 3.08. The molecule has 0 aromatic carbocycles. The third kappa shape index (κ3) is 4.84. The van der Waals surface area contributed by atoms with Crippen LogP contribution in [0.3, 0.4) is 0 Å². The van der Waals surface area contributed by atoms with Crippen molar-refractivity contribution in [3.8, 4) is 11.3 Å². The van der Waals surface area contributed by atoms with E-state index < -0.39 is 17.6 Å². The molecular formula is C18H17F3N6O. The first-order chi connectivity index (χ1) is 13.2. The van der Waals surface area contributed by atoms with Crippen LogP contribution in [0.15, 0.2) is 42.9 Å². The molecule has 0 aliphatic rings. The molecule has 0 bridgehead atoms. The molecule has 3 aromatic heterocycles. The van der Waals surface area contributed by atoms with Gasteiger partial charge in [0.05, 0.1) is 17.5 Å². The number of alkyl halides is 3.